The molecule has 0 saturated carbocycles. The summed E-state index contributed by atoms with van der Waals surface area (Å²) in [6, 6.07) is 1.19. The number of carbonyl (C=O) groups excluding carboxylic acids is 1. The first-order valence-corrected chi connectivity index (χ1v) is 8.45. The summed E-state index contributed by atoms with van der Waals surface area (Å²) >= 11 is 0. The van der Waals surface area contributed by atoms with Gasteiger partial charge in [0.1, 0.15) is 6.10 Å². The second kappa shape index (κ2) is 6.96. The summed E-state index contributed by atoms with van der Waals surface area (Å²) in [6.07, 6.45) is 0.684. The summed E-state index contributed by atoms with van der Waals surface area (Å²) < 4.78 is 22.1. The minimum atomic E-state index is -1.01. The Bertz CT molecular complexity index is 822. The standard InChI is InChI=1S/C16H18N3O7/c20-11-1-4-19-13(15(21)18-5-8-24-9-12(18)17-19)14(11)26-16(22)25-10-2-6-23-7-3-10/h1,4,10,12H,2-3,5-9H2/q-1/t12-/m0/s1. The fourth-order valence-corrected chi connectivity index (χ4v) is 3.14. The molecule has 3 aliphatic rings. The minimum absolute atomic E-state index is 0.0837. The normalized spacial score (nSPS) is 22.8. The molecule has 26 heavy (non-hydrogen) atoms. The number of hydrogen-bond donors (Lipinski definition) is 0. The van der Waals surface area contributed by atoms with Gasteiger partial charge in [0.05, 0.1) is 26.4 Å². The number of carbonyl (C=O) groups is 1. The van der Waals surface area contributed by atoms with Crippen LogP contribution < -0.4 is 24.7 Å². The van der Waals surface area contributed by atoms with Crippen molar-refractivity contribution in [2.24, 2.45) is 5.11 Å². The Hall–Kier alpha value is -2.59. The molecule has 3 aliphatic heterocycles. The lowest BCUT2D eigenvalue weighted by Crippen LogP contribution is -2.58. The maximum Gasteiger partial charge on any atom is 0.514 e. The van der Waals surface area contributed by atoms with Crippen LogP contribution in [0.5, 0.6) is 11.5 Å². The highest BCUT2D eigenvalue weighted by molar-refractivity contribution is 5.65. The fourth-order valence-electron chi connectivity index (χ4n) is 3.14. The molecule has 2 saturated heterocycles. The lowest BCUT2D eigenvalue weighted by molar-refractivity contribution is -0.580. The van der Waals surface area contributed by atoms with E-state index in [2.05, 4.69) is 5.11 Å². The van der Waals surface area contributed by atoms with Crippen molar-refractivity contribution in [1.29, 1.82) is 0 Å². The number of pyridine rings is 1. The topological polar surface area (TPSA) is 122 Å². The molecule has 140 valence electrons. The third-order valence-electron chi connectivity index (χ3n) is 4.48. The number of ether oxygens (including phenoxy) is 4. The van der Waals surface area contributed by atoms with E-state index in [0.29, 0.717) is 39.2 Å². The Labute approximate surface area is 148 Å². The highest BCUT2D eigenvalue weighted by Gasteiger charge is 2.31. The third-order valence-corrected chi connectivity index (χ3v) is 4.48. The van der Waals surface area contributed by atoms with Gasteiger partial charge in [0.25, 0.3) is 5.35 Å². The summed E-state index contributed by atoms with van der Waals surface area (Å²) in [4.78, 5) is 13.6. The molecule has 0 amide bonds. The van der Waals surface area contributed by atoms with E-state index in [1.165, 1.54) is 21.5 Å². The predicted octanol–water partition coefficient (Wildman–Crippen LogP) is -2.13. The summed E-state index contributed by atoms with van der Waals surface area (Å²) in [5.74, 6) is -1.39. The van der Waals surface area contributed by atoms with E-state index in [0.717, 1.165) is 0 Å². The average Bonchev–Trinajstić information content (AvgIpc) is 2.65. The SMILES string of the molecule is O=C(Oc1c([O-])cc[n+]2c1=C([O-])N1CCOC[C@H]1N=2)OC1CCOCC1. The molecule has 0 aromatic carbocycles. The molecular weight excluding hydrogens is 346 g/mol. The van der Waals surface area contributed by atoms with Crippen LogP contribution in [0.15, 0.2) is 17.4 Å². The van der Waals surface area contributed by atoms with Gasteiger partial charge >= 0.3 is 6.16 Å². The van der Waals surface area contributed by atoms with Crippen LogP contribution in [0.3, 0.4) is 0 Å². The Morgan fingerprint density at radius 3 is 2.88 bits per heavy atom. The largest absolute Gasteiger partial charge is 0.870 e. The van der Waals surface area contributed by atoms with Gasteiger partial charge in [-0.15, -0.1) is 0 Å². The van der Waals surface area contributed by atoms with Crippen LogP contribution in [0.4, 0.5) is 4.79 Å². The van der Waals surface area contributed by atoms with Gasteiger partial charge in [0.15, 0.2) is 0 Å². The number of nitrogens with zero attached hydrogens (tertiary/aromatic N) is 3. The fraction of sp³-hybridized carbons (Fsp3) is 0.562. The molecule has 0 unspecified atom stereocenters. The minimum Gasteiger partial charge on any atom is -0.870 e. The van der Waals surface area contributed by atoms with Crippen molar-refractivity contribution in [1.82, 2.24) is 4.90 Å². The molecule has 1 atom stereocenters. The van der Waals surface area contributed by atoms with Crippen LogP contribution in [0.1, 0.15) is 12.8 Å². The lowest BCUT2D eigenvalue weighted by atomic mass is 10.2. The molecule has 10 nitrogen and oxygen atoms in total. The molecule has 0 aliphatic carbocycles. The van der Waals surface area contributed by atoms with Crippen LogP contribution in [0.25, 0.3) is 5.88 Å². The summed E-state index contributed by atoms with van der Waals surface area (Å²) in [5.41, 5.74) is 0. The third kappa shape index (κ3) is 3.13. The van der Waals surface area contributed by atoms with Gasteiger partial charge in [-0.1, -0.05) is 10.1 Å². The monoisotopic (exact) mass is 364 g/mol. The molecule has 4 rings (SSSR count). The molecular formula is C16H18N3O7-. The molecule has 1 aromatic heterocycles. The molecule has 1 aromatic rings. The van der Waals surface area contributed by atoms with Crippen molar-refractivity contribution >= 4 is 12.0 Å². The summed E-state index contributed by atoms with van der Waals surface area (Å²) in [6.45, 7) is 2.01. The number of morpholine rings is 1. The van der Waals surface area contributed by atoms with E-state index in [-0.39, 0.29) is 23.8 Å². The van der Waals surface area contributed by atoms with Crippen molar-refractivity contribution in [3.8, 4) is 11.5 Å². The smallest absolute Gasteiger partial charge is 0.514 e. The molecule has 0 bridgehead atoms. The van der Waals surface area contributed by atoms with Gasteiger partial charge in [0, 0.05) is 31.3 Å². The first-order valence-electron chi connectivity index (χ1n) is 8.45. The Morgan fingerprint density at radius 1 is 1.27 bits per heavy atom. The van der Waals surface area contributed by atoms with E-state index < -0.39 is 24.0 Å². The number of aromatic nitrogens is 1. The van der Waals surface area contributed by atoms with Gasteiger partial charge in [-0.25, -0.2) is 4.79 Å². The first-order chi connectivity index (χ1) is 12.6. The van der Waals surface area contributed by atoms with E-state index >= 15 is 0 Å². The van der Waals surface area contributed by atoms with Gasteiger partial charge < -0.3 is 34.1 Å². The Balaban J connectivity index is 1.65. The van der Waals surface area contributed by atoms with Crippen LogP contribution in [0, 0.1) is 0 Å². The second-order valence-electron chi connectivity index (χ2n) is 6.15. The van der Waals surface area contributed by atoms with Crippen molar-refractivity contribution < 1.29 is 38.3 Å². The van der Waals surface area contributed by atoms with Crippen molar-refractivity contribution in [2.75, 3.05) is 33.0 Å². The van der Waals surface area contributed by atoms with Crippen LogP contribution in [-0.2, 0) is 14.2 Å². The first kappa shape index (κ1) is 16.9. The van der Waals surface area contributed by atoms with E-state index in [9.17, 15) is 15.0 Å². The highest BCUT2D eigenvalue weighted by atomic mass is 16.7. The van der Waals surface area contributed by atoms with Crippen LogP contribution in [-0.4, -0.2) is 56.3 Å². The van der Waals surface area contributed by atoms with Crippen molar-refractivity contribution in [2.45, 2.75) is 25.1 Å². The zero-order valence-corrected chi connectivity index (χ0v) is 14.0. The van der Waals surface area contributed by atoms with Gasteiger partial charge in [-0.05, 0) is 5.11 Å². The number of rotatable bonds is 2. The van der Waals surface area contributed by atoms with Crippen LogP contribution in [0.2, 0.25) is 0 Å². The molecule has 2 fully saturated rings. The zero-order valence-electron chi connectivity index (χ0n) is 14.0. The predicted molar refractivity (Wildman–Crippen MR) is 79.2 cm³/mol. The summed E-state index contributed by atoms with van der Waals surface area (Å²) in [5, 5.41) is 29.3. The lowest BCUT2D eigenvalue weighted by Gasteiger charge is -2.37. The molecule has 0 radical (unpaired) electrons. The average molecular weight is 364 g/mol. The van der Waals surface area contributed by atoms with E-state index in [4.69, 9.17) is 18.9 Å². The second-order valence-corrected chi connectivity index (χ2v) is 6.15. The maximum absolute atomic E-state index is 12.8. The van der Waals surface area contributed by atoms with Crippen LogP contribution >= 0.6 is 0 Å². The van der Waals surface area contributed by atoms with E-state index in [1.54, 1.807) is 0 Å². The Morgan fingerprint density at radius 2 is 2.08 bits per heavy atom. The number of hydrogen-bond acceptors (Lipinski definition) is 9. The Kier molecular flexibility index (Phi) is 4.51. The van der Waals surface area contributed by atoms with E-state index in [1.807, 2.05) is 0 Å². The maximum atomic E-state index is 12.8. The highest BCUT2D eigenvalue weighted by Crippen LogP contribution is 2.21. The van der Waals surface area contributed by atoms with Gasteiger partial charge in [-0.3, -0.25) is 0 Å². The van der Waals surface area contributed by atoms with Gasteiger partial charge in [-0.2, -0.15) is 0 Å². The number of fused-ring (bicyclic) bond motifs is 2. The van der Waals surface area contributed by atoms with Crippen molar-refractivity contribution in [3.63, 3.8) is 0 Å². The van der Waals surface area contributed by atoms with Crippen molar-refractivity contribution in [3.05, 3.63) is 17.6 Å². The quantitative estimate of drug-likeness (QED) is 0.431. The zero-order chi connectivity index (χ0) is 18.1. The summed E-state index contributed by atoms with van der Waals surface area (Å²) in [7, 11) is 0. The molecule has 10 heteroatoms. The molecule has 4 heterocycles. The molecule has 0 spiro atoms. The van der Waals surface area contributed by atoms with Gasteiger partial charge in [0.2, 0.25) is 18.1 Å². The molecule has 0 N–H and O–H groups in total.